The molecule has 0 amide bonds. The van der Waals surface area contributed by atoms with E-state index in [1.165, 1.54) is 0 Å². The number of nitrogens with one attached hydrogen (secondary N) is 2. The van der Waals surface area contributed by atoms with Gasteiger partial charge in [0.15, 0.2) is 0 Å². The third-order valence-electron chi connectivity index (χ3n) is 1.22. The van der Waals surface area contributed by atoms with Gasteiger partial charge in [-0.3, -0.25) is 5.41 Å². The number of hydrazine groups is 1. The number of nitrogens with two attached hydrogens (primary N) is 3. The Bertz CT molecular complexity index is 398. The highest BCUT2D eigenvalue weighted by Crippen LogP contribution is 2.03. The van der Waals surface area contributed by atoms with Crippen LogP contribution in [-0.2, 0) is 0 Å². The van der Waals surface area contributed by atoms with E-state index in [-0.39, 0.29) is 17.8 Å². The summed E-state index contributed by atoms with van der Waals surface area (Å²) in [5.41, 5.74) is 17.9. The number of guanidine groups is 1. The lowest BCUT2D eigenvalue weighted by atomic mass is 10.8. The van der Waals surface area contributed by atoms with E-state index in [1.807, 2.05) is 0 Å². The second kappa shape index (κ2) is 3.92. The first kappa shape index (κ1) is 10.3. The smallest absolute Gasteiger partial charge is 0.249 e. The van der Waals surface area contributed by atoms with Crippen LogP contribution < -0.4 is 22.6 Å². The van der Waals surface area contributed by atoms with Gasteiger partial charge in [-0.05, 0) is 0 Å². The van der Waals surface area contributed by atoms with Crippen molar-refractivity contribution in [3.63, 3.8) is 0 Å². The van der Waals surface area contributed by atoms with Crippen molar-refractivity contribution in [2.45, 2.75) is 0 Å². The van der Waals surface area contributed by atoms with Crippen LogP contribution in [0.2, 0.25) is 0 Å². The highest BCUT2D eigenvalue weighted by atomic mass is 15.6. The first-order valence-corrected chi connectivity index (χ1v) is 3.60. The zero-order valence-corrected chi connectivity index (χ0v) is 7.47. The average molecular weight is 208 g/mol. The van der Waals surface area contributed by atoms with E-state index in [0.717, 1.165) is 0 Å². The van der Waals surface area contributed by atoms with Crippen molar-refractivity contribution >= 4 is 23.8 Å². The summed E-state index contributed by atoms with van der Waals surface area (Å²) >= 11 is 0. The molecule has 0 aliphatic carbocycles. The summed E-state index contributed by atoms with van der Waals surface area (Å²) in [5.74, 6) is -0.801. The van der Waals surface area contributed by atoms with Crippen LogP contribution in [-0.4, -0.2) is 25.9 Å². The number of aromatic nitrogens is 3. The first-order chi connectivity index (χ1) is 7.02. The van der Waals surface area contributed by atoms with Gasteiger partial charge in [0.2, 0.25) is 30.0 Å². The molecule has 10 nitrogen and oxygen atoms in total. The quantitative estimate of drug-likeness (QED) is 0.121. The normalized spacial score (nSPS) is 9.00. The summed E-state index contributed by atoms with van der Waals surface area (Å²) < 4.78 is 0. The molecule has 0 saturated heterocycles. The van der Waals surface area contributed by atoms with Crippen molar-refractivity contribution in [3.8, 4) is 6.19 Å². The maximum atomic E-state index is 8.56. The minimum absolute atomic E-state index is 0.0725. The molecule has 0 atom stereocenters. The predicted octanol–water partition coefficient (Wildman–Crippen LogP) is -1.96. The number of hydrogen-bond donors (Lipinski definition) is 5. The van der Waals surface area contributed by atoms with Crippen LogP contribution in [0, 0.1) is 16.9 Å². The second-order valence-electron chi connectivity index (χ2n) is 2.31. The van der Waals surface area contributed by atoms with Crippen LogP contribution in [0.1, 0.15) is 0 Å². The predicted molar refractivity (Wildman–Crippen MR) is 51.6 cm³/mol. The molecule has 0 aliphatic heterocycles. The van der Waals surface area contributed by atoms with Crippen molar-refractivity contribution < 1.29 is 0 Å². The number of anilines is 3. The van der Waals surface area contributed by atoms with Gasteiger partial charge in [-0.15, -0.1) is 0 Å². The third-order valence-corrected chi connectivity index (χ3v) is 1.22. The summed E-state index contributed by atoms with van der Waals surface area (Å²) in [6.07, 6.45) is 1.58. The second-order valence-corrected chi connectivity index (χ2v) is 2.31. The van der Waals surface area contributed by atoms with Gasteiger partial charge in [-0.2, -0.15) is 25.2 Å². The van der Waals surface area contributed by atoms with Gasteiger partial charge in [0.1, 0.15) is 0 Å². The van der Waals surface area contributed by atoms with Gasteiger partial charge < -0.3 is 17.2 Å². The Hall–Kier alpha value is -2.83. The number of rotatable bonds is 2. The highest BCUT2D eigenvalue weighted by Gasteiger charge is 2.08. The SMILES string of the molecule is N#CN(Nc1nc(N)nc(N)n1)C(=N)N. The number of nitrogens with zero attached hydrogens (tertiary/aromatic N) is 5. The topological polar surface area (TPSA) is 180 Å². The summed E-state index contributed by atoms with van der Waals surface area (Å²) in [6, 6.07) is 0. The van der Waals surface area contributed by atoms with Crippen molar-refractivity contribution in [2.24, 2.45) is 5.73 Å². The highest BCUT2D eigenvalue weighted by molar-refractivity contribution is 5.77. The molecule has 78 valence electrons. The Labute approximate surface area is 84.2 Å². The monoisotopic (exact) mass is 208 g/mol. The summed E-state index contributed by atoms with van der Waals surface area (Å²) in [7, 11) is 0. The molecular formula is C5H8N10. The molecule has 0 unspecified atom stereocenters. The molecule has 0 aromatic carbocycles. The summed E-state index contributed by atoms with van der Waals surface area (Å²) in [5, 5.41) is 16.2. The minimum Gasteiger partial charge on any atom is -0.368 e. The fourth-order valence-corrected chi connectivity index (χ4v) is 0.698. The molecule has 0 spiro atoms. The van der Waals surface area contributed by atoms with Crippen molar-refractivity contribution in [2.75, 3.05) is 16.9 Å². The summed E-state index contributed by atoms with van der Waals surface area (Å²) in [6.45, 7) is 0. The average Bonchev–Trinajstić information content (AvgIpc) is 2.12. The van der Waals surface area contributed by atoms with Gasteiger partial charge in [0, 0.05) is 0 Å². The van der Waals surface area contributed by atoms with Crippen LogP contribution in [0.5, 0.6) is 0 Å². The molecule has 0 fully saturated rings. The van der Waals surface area contributed by atoms with Crippen LogP contribution in [0.25, 0.3) is 0 Å². The Balaban J connectivity index is 2.89. The van der Waals surface area contributed by atoms with Gasteiger partial charge in [-0.25, -0.2) is 5.43 Å². The van der Waals surface area contributed by atoms with Crippen LogP contribution in [0.3, 0.4) is 0 Å². The molecule has 15 heavy (non-hydrogen) atoms. The Morgan fingerprint density at radius 3 is 2.27 bits per heavy atom. The fourth-order valence-electron chi connectivity index (χ4n) is 0.698. The lowest BCUT2D eigenvalue weighted by Gasteiger charge is -2.13. The van der Waals surface area contributed by atoms with E-state index in [2.05, 4.69) is 20.4 Å². The molecule has 0 bridgehead atoms. The Morgan fingerprint density at radius 1 is 1.33 bits per heavy atom. The van der Waals surface area contributed by atoms with E-state index in [9.17, 15) is 0 Å². The molecule has 0 aliphatic rings. The lowest BCUT2D eigenvalue weighted by Crippen LogP contribution is -2.37. The molecule has 0 saturated carbocycles. The lowest BCUT2D eigenvalue weighted by molar-refractivity contribution is 0.664. The molecule has 1 heterocycles. The molecule has 8 N–H and O–H groups in total. The number of nitrogen functional groups attached to an aromatic ring is 2. The first-order valence-electron chi connectivity index (χ1n) is 3.60. The van der Waals surface area contributed by atoms with Gasteiger partial charge in [-0.1, -0.05) is 0 Å². The Morgan fingerprint density at radius 2 is 1.87 bits per heavy atom. The van der Waals surface area contributed by atoms with Crippen LogP contribution in [0.4, 0.5) is 17.8 Å². The molecular weight excluding hydrogens is 200 g/mol. The maximum Gasteiger partial charge on any atom is 0.249 e. The standard InChI is InChI=1S/C5H8N10/c6-1-15(2(7)8)14-5-12-3(9)11-4(10)13-5/h(H3,7,8)(H5,9,10,11,12,13,14). The fraction of sp³-hybridized carbons (Fsp3) is 0. The van der Waals surface area contributed by atoms with E-state index < -0.39 is 5.96 Å². The zero-order chi connectivity index (χ0) is 11.4. The van der Waals surface area contributed by atoms with Gasteiger partial charge >= 0.3 is 0 Å². The number of hydrogen-bond acceptors (Lipinski definition) is 8. The maximum absolute atomic E-state index is 8.56. The van der Waals surface area contributed by atoms with Crippen molar-refractivity contribution in [3.05, 3.63) is 0 Å². The molecule has 1 aromatic heterocycles. The molecule has 1 rings (SSSR count). The van der Waals surface area contributed by atoms with E-state index >= 15 is 0 Å². The van der Waals surface area contributed by atoms with Gasteiger partial charge in [0.25, 0.3) is 0 Å². The number of nitriles is 1. The van der Waals surface area contributed by atoms with E-state index in [0.29, 0.717) is 5.01 Å². The Kier molecular flexibility index (Phi) is 2.68. The van der Waals surface area contributed by atoms with Gasteiger partial charge in [0.05, 0.1) is 0 Å². The van der Waals surface area contributed by atoms with Crippen molar-refractivity contribution in [1.82, 2.24) is 20.0 Å². The third kappa shape index (κ3) is 2.56. The zero-order valence-electron chi connectivity index (χ0n) is 7.47. The molecule has 1 aromatic rings. The van der Waals surface area contributed by atoms with E-state index in [1.54, 1.807) is 6.19 Å². The minimum atomic E-state index is -0.518. The van der Waals surface area contributed by atoms with E-state index in [4.69, 9.17) is 27.9 Å². The summed E-state index contributed by atoms with van der Waals surface area (Å²) in [4.78, 5) is 10.8. The molecule has 10 heteroatoms. The van der Waals surface area contributed by atoms with Crippen molar-refractivity contribution in [1.29, 1.82) is 10.7 Å². The molecule has 0 radical (unpaired) electrons. The largest absolute Gasteiger partial charge is 0.368 e. The van der Waals surface area contributed by atoms with Crippen LogP contribution >= 0.6 is 0 Å². The van der Waals surface area contributed by atoms with Crippen LogP contribution in [0.15, 0.2) is 0 Å².